The number of hydrogen-bond acceptors (Lipinski definition) is 2. The minimum Gasteiger partial charge on any atom is -0.326 e. The molecular formula is C15H20ClNOS. The summed E-state index contributed by atoms with van der Waals surface area (Å²) in [6.45, 7) is 7.13. The van der Waals surface area contributed by atoms with E-state index in [0.29, 0.717) is 6.42 Å². The van der Waals surface area contributed by atoms with Crippen LogP contribution in [0.15, 0.2) is 24.3 Å². The average Bonchev–Trinajstić information content (AvgIpc) is 2.75. The van der Waals surface area contributed by atoms with E-state index in [9.17, 15) is 4.79 Å². The number of hydrogen-bond donors (Lipinski definition) is 0. The van der Waals surface area contributed by atoms with Gasteiger partial charge < -0.3 is 4.90 Å². The van der Waals surface area contributed by atoms with Crippen molar-refractivity contribution < 1.29 is 4.79 Å². The van der Waals surface area contributed by atoms with Crippen LogP contribution in [0.3, 0.4) is 0 Å². The Morgan fingerprint density at radius 1 is 1.47 bits per heavy atom. The van der Waals surface area contributed by atoms with E-state index in [1.165, 1.54) is 0 Å². The normalized spacial score (nSPS) is 19.8. The molecule has 1 atom stereocenters. The first kappa shape index (κ1) is 14.7. The second-order valence-electron chi connectivity index (χ2n) is 6.10. The Kier molecular flexibility index (Phi) is 4.46. The lowest BCUT2D eigenvalue weighted by Crippen LogP contribution is -2.33. The molecule has 1 saturated heterocycles. The van der Waals surface area contributed by atoms with Crippen molar-refractivity contribution in [2.24, 2.45) is 5.41 Å². The highest BCUT2D eigenvalue weighted by Crippen LogP contribution is 2.39. The summed E-state index contributed by atoms with van der Waals surface area (Å²) >= 11 is 7.86. The lowest BCUT2D eigenvalue weighted by Gasteiger charge is -2.27. The number of carbonyl (C=O) groups is 1. The van der Waals surface area contributed by atoms with Gasteiger partial charge in [0.05, 0.1) is 0 Å². The Morgan fingerprint density at radius 3 is 2.84 bits per heavy atom. The number of thioether (sulfide) groups is 1. The zero-order valence-corrected chi connectivity index (χ0v) is 13.2. The van der Waals surface area contributed by atoms with Crippen molar-refractivity contribution in [2.45, 2.75) is 32.6 Å². The van der Waals surface area contributed by atoms with E-state index in [0.717, 1.165) is 22.9 Å². The maximum absolute atomic E-state index is 12.4. The molecule has 1 amide bonds. The summed E-state index contributed by atoms with van der Waals surface area (Å²) in [5.74, 6) is 1.23. The minimum atomic E-state index is 0.0310. The Balaban J connectivity index is 2.15. The molecule has 19 heavy (non-hydrogen) atoms. The van der Waals surface area contributed by atoms with Gasteiger partial charge in [0.15, 0.2) is 0 Å². The van der Waals surface area contributed by atoms with Gasteiger partial charge in [-0.15, -0.1) is 11.8 Å². The third kappa shape index (κ3) is 3.90. The van der Waals surface area contributed by atoms with Crippen LogP contribution in [0.4, 0.5) is 0 Å². The summed E-state index contributed by atoms with van der Waals surface area (Å²) in [6, 6.07) is 7.82. The molecule has 0 N–H and O–H groups in total. The molecule has 2 nitrogen and oxygen atoms in total. The van der Waals surface area contributed by atoms with Crippen molar-refractivity contribution in [2.75, 3.05) is 12.3 Å². The van der Waals surface area contributed by atoms with Gasteiger partial charge in [-0.3, -0.25) is 4.79 Å². The number of carbonyl (C=O) groups excluding carboxylic acids is 1. The molecule has 1 aliphatic rings. The van der Waals surface area contributed by atoms with Crippen LogP contribution in [-0.2, 0) is 4.79 Å². The molecule has 104 valence electrons. The highest BCUT2D eigenvalue weighted by atomic mass is 35.5. The van der Waals surface area contributed by atoms with Crippen LogP contribution in [0.2, 0.25) is 5.02 Å². The topological polar surface area (TPSA) is 20.3 Å². The first-order valence-corrected chi connectivity index (χ1v) is 7.96. The highest BCUT2D eigenvalue weighted by Gasteiger charge is 2.32. The molecule has 0 aromatic heterocycles. The highest BCUT2D eigenvalue weighted by molar-refractivity contribution is 7.99. The van der Waals surface area contributed by atoms with Gasteiger partial charge in [-0.05, 0) is 23.1 Å². The quantitative estimate of drug-likeness (QED) is 0.809. The molecule has 0 unspecified atom stereocenters. The predicted octanol–water partition coefficient (Wildman–Crippen LogP) is 4.35. The van der Waals surface area contributed by atoms with Gasteiger partial charge in [0.1, 0.15) is 5.37 Å². The third-order valence-electron chi connectivity index (χ3n) is 3.03. The van der Waals surface area contributed by atoms with Gasteiger partial charge in [0.25, 0.3) is 0 Å². The van der Waals surface area contributed by atoms with Gasteiger partial charge in [0.2, 0.25) is 5.91 Å². The van der Waals surface area contributed by atoms with Gasteiger partial charge in [0, 0.05) is 23.7 Å². The Bertz CT molecular complexity index is 469. The van der Waals surface area contributed by atoms with Crippen LogP contribution >= 0.6 is 23.4 Å². The number of amides is 1. The Labute approximate surface area is 124 Å². The zero-order chi connectivity index (χ0) is 14.0. The Morgan fingerprint density at radius 2 is 2.21 bits per heavy atom. The molecule has 0 aliphatic carbocycles. The average molecular weight is 298 g/mol. The SMILES string of the molecule is CC(C)(C)CC(=O)N1CCS[C@H]1c1cccc(Cl)c1. The maximum Gasteiger partial charge on any atom is 0.224 e. The molecular weight excluding hydrogens is 278 g/mol. The standard InChI is InChI=1S/C15H20ClNOS/c1-15(2,3)10-13(18)17-7-8-19-14(17)11-5-4-6-12(16)9-11/h4-6,9,14H,7-8,10H2,1-3H3/t14-/m0/s1. The largest absolute Gasteiger partial charge is 0.326 e. The molecule has 0 spiro atoms. The van der Waals surface area contributed by atoms with Gasteiger partial charge in [-0.2, -0.15) is 0 Å². The van der Waals surface area contributed by atoms with Crippen LogP contribution < -0.4 is 0 Å². The monoisotopic (exact) mass is 297 g/mol. The zero-order valence-electron chi connectivity index (χ0n) is 11.6. The maximum atomic E-state index is 12.4. The van der Waals surface area contributed by atoms with Crippen LogP contribution in [0.5, 0.6) is 0 Å². The molecule has 0 saturated carbocycles. The van der Waals surface area contributed by atoms with Crippen molar-refractivity contribution in [1.29, 1.82) is 0 Å². The number of benzene rings is 1. The van der Waals surface area contributed by atoms with E-state index in [-0.39, 0.29) is 16.7 Å². The fourth-order valence-corrected chi connectivity index (χ4v) is 3.68. The van der Waals surface area contributed by atoms with E-state index < -0.39 is 0 Å². The molecule has 1 aromatic rings. The van der Waals surface area contributed by atoms with E-state index in [2.05, 4.69) is 20.8 Å². The number of nitrogens with zero attached hydrogens (tertiary/aromatic N) is 1. The summed E-state index contributed by atoms with van der Waals surface area (Å²) in [5, 5.41) is 0.849. The number of halogens is 1. The van der Waals surface area contributed by atoms with Crippen molar-refractivity contribution in [1.82, 2.24) is 4.90 Å². The second-order valence-corrected chi connectivity index (χ2v) is 7.73. The molecule has 1 heterocycles. The Hall–Kier alpha value is -0.670. The fourth-order valence-electron chi connectivity index (χ4n) is 2.22. The second kappa shape index (κ2) is 5.76. The van der Waals surface area contributed by atoms with E-state index >= 15 is 0 Å². The summed E-state index contributed by atoms with van der Waals surface area (Å²) in [7, 11) is 0. The molecule has 4 heteroatoms. The van der Waals surface area contributed by atoms with Gasteiger partial charge >= 0.3 is 0 Å². The summed E-state index contributed by atoms with van der Waals surface area (Å²) in [4.78, 5) is 14.4. The van der Waals surface area contributed by atoms with Crippen LogP contribution in [0.25, 0.3) is 0 Å². The van der Waals surface area contributed by atoms with Crippen molar-refractivity contribution in [3.8, 4) is 0 Å². The summed E-state index contributed by atoms with van der Waals surface area (Å²) < 4.78 is 0. The van der Waals surface area contributed by atoms with Crippen molar-refractivity contribution in [3.05, 3.63) is 34.9 Å². The molecule has 0 radical (unpaired) electrons. The molecule has 1 aliphatic heterocycles. The van der Waals surface area contributed by atoms with Gasteiger partial charge in [-0.1, -0.05) is 44.5 Å². The van der Waals surface area contributed by atoms with Crippen LogP contribution in [0, 0.1) is 5.41 Å². The first-order valence-electron chi connectivity index (χ1n) is 6.53. The van der Waals surface area contributed by atoms with E-state index in [4.69, 9.17) is 11.6 Å². The molecule has 2 rings (SSSR count). The molecule has 1 fully saturated rings. The predicted molar refractivity (Wildman–Crippen MR) is 82.4 cm³/mol. The third-order valence-corrected chi connectivity index (χ3v) is 4.52. The van der Waals surface area contributed by atoms with Crippen molar-refractivity contribution in [3.63, 3.8) is 0 Å². The lowest BCUT2D eigenvalue weighted by atomic mass is 9.91. The molecule has 0 bridgehead atoms. The summed E-state index contributed by atoms with van der Waals surface area (Å²) in [5.41, 5.74) is 1.15. The van der Waals surface area contributed by atoms with Crippen LogP contribution in [-0.4, -0.2) is 23.1 Å². The molecule has 1 aromatic carbocycles. The summed E-state index contributed by atoms with van der Waals surface area (Å²) in [6.07, 6.45) is 0.588. The smallest absolute Gasteiger partial charge is 0.224 e. The van der Waals surface area contributed by atoms with Gasteiger partial charge in [-0.25, -0.2) is 0 Å². The minimum absolute atomic E-state index is 0.0310. The van der Waals surface area contributed by atoms with E-state index in [1.54, 1.807) is 0 Å². The van der Waals surface area contributed by atoms with E-state index in [1.807, 2.05) is 40.9 Å². The van der Waals surface area contributed by atoms with Crippen LogP contribution in [0.1, 0.15) is 38.1 Å². The van der Waals surface area contributed by atoms with Crippen molar-refractivity contribution >= 4 is 29.3 Å². The first-order chi connectivity index (χ1) is 8.87. The lowest BCUT2D eigenvalue weighted by molar-refractivity contribution is -0.133. The fraction of sp³-hybridized carbons (Fsp3) is 0.533. The number of rotatable bonds is 2.